The summed E-state index contributed by atoms with van der Waals surface area (Å²) in [6.07, 6.45) is -0.0943. The molecular weight excluding hydrogens is 222 g/mol. The van der Waals surface area contributed by atoms with E-state index in [1.165, 1.54) is 19.1 Å². The second-order valence-corrected chi connectivity index (χ2v) is 3.71. The smallest absolute Gasteiger partial charge is 0.414 e. The zero-order valence-electron chi connectivity index (χ0n) is 9.67. The number of fused-ring (bicyclic) bond motifs is 1. The highest BCUT2D eigenvalue weighted by Crippen LogP contribution is 2.32. The normalized spacial score (nSPS) is 17.5. The molecule has 1 unspecified atom stereocenters. The van der Waals surface area contributed by atoms with Crippen LogP contribution in [-0.2, 0) is 20.7 Å². The third-order valence-corrected chi connectivity index (χ3v) is 2.82. The molecule has 5 heteroatoms. The number of benzene rings is 1. The van der Waals surface area contributed by atoms with Crippen LogP contribution in [0.4, 0.5) is 10.5 Å². The maximum Gasteiger partial charge on any atom is 0.414 e. The van der Waals surface area contributed by atoms with Crippen molar-refractivity contribution in [1.82, 2.24) is 0 Å². The number of anilines is 1. The van der Waals surface area contributed by atoms with Crippen molar-refractivity contribution in [2.45, 2.75) is 12.5 Å². The monoisotopic (exact) mass is 235 g/mol. The van der Waals surface area contributed by atoms with Crippen LogP contribution in [0.5, 0.6) is 0 Å². The molecule has 2 rings (SSSR count). The first-order valence-corrected chi connectivity index (χ1v) is 5.22. The zero-order valence-corrected chi connectivity index (χ0v) is 9.67. The van der Waals surface area contributed by atoms with E-state index in [4.69, 9.17) is 9.47 Å². The van der Waals surface area contributed by atoms with Gasteiger partial charge in [0.1, 0.15) is 6.04 Å². The summed E-state index contributed by atoms with van der Waals surface area (Å²) in [4.78, 5) is 24.7. The van der Waals surface area contributed by atoms with Gasteiger partial charge in [-0.05, 0) is 11.6 Å². The highest BCUT2D eigenvalue weighted by atomic mass is 16.5. The summed E-state index contributed by atoms with van der Waals surface area (Å²) in [7, 11) is 2.60. The number of para-hydroxylation sites is 1. The van der Waals surface area contributed by atoms with Crippen molar-refractivity contribution in [3.8, 4) is 0 Å². The van der Waals surface area contributed by atoms with Crippen molar-refractivity contribution < 1.29 is 19.1 Å². The molecule has 1 atom stereocenters. The maximum absolute atomic E-state index is 11.7. The number of rotatable bonds is 1. The quantitative estimate of drug-likeness (QED) is 0.689. The van der Waals surface area contributed by atoms with Gasteiger partial charge in [0.05, 0.1) is 19.9 Å². The minimum absolute atomic E-state index is 0.438. The van der Waals surface area contributed by atoms with E-state index in [9.17, 15) is 9.59 Å². The fourth-order valence-corrected chi connectivity index (χ4v) is 2.03. The number of esters is 1. The van der Waals surface area contributed by atoms with Gasteiger partial charge >= 0.3 is 12.1 Å². The Morgan fingerprint density at radius 2 is 1.94 bits per heavy atom. The number of amides is 1. The molecule has 0 fully saturated rings. The predicted molar refractivity (Wildman–Crippen MR) is 60.8 cm³/mol. The summed E-state index contributed by atoms with van der Waals surface area (Å²) in [5, 5.41) is 0. The molecule has 1 aliphatic rings. The molecular formula is C12H13NO4. The van der Waals surface area contributed by atoms with E-state index in [2.05, 4.69) is 0 Å². The second kappa shape index (κ2) is 4.45. The Morgan fingerprint density at radius 3 is 2.59 bits per heavy atom. The molecule has 0 radical (unpaired) electrons. The molecule has 1 amide bonds. The van der Waals surface area contributed by atoms with Gasteiger partial charge in [0.25, 0.3) is 0 Å². The lowest BCUT2D eigenvalue weighted by Crippen LogP contribution is -2.43. The van der Waals surface area contributed by atoms with Crippen LogP contribution in [0.25, 0.3) is 0 Å². The average Bonchev–Trinajstić information content (AvgIpc) is 2.76. The van der Waals surface area contributed by atoms with E-state index < -0.39 is 18.1 Å². The third kappa shape index (κ3) is 1.84. The summed E-state index contributed by atoms with van der Waals surface area (Å²) >= 11 is 0. The van der Waals surface area contributed by atoms with Crippen LogP contribution in [0.1, 0.15) is 5.56 Å². The fraction of sp³-hybridized carbons (Fsp3) is 0.333. The van der Waals surface area contributed by atoms with E-state index >= 15 is 0 Å². The van der Waals surface area contributed by atoms with Gasteiger partial charge in [0.2, 0.25) is 0 Å². The average molecular weight is 235 g/mol. The lowest BCUT2D eigenvalue weighted by atomic mass is 10.1. The Kier molecular flexibility index (Phi) is 2.99. The molecule has 1 aliphatic heterocycles. The molecule has 90 valence electrons. The Bertz CT molecular complexity index is 458. The van der Waals surface area contributed by atoms with Crippen molar-refractivity contribution in [2.75, 3.05) is 19.1 Å². The van der Waals surface area contributed by atoms with Gasteiger partial charge in [-0.25, -0.2) is 9.59 Å². The number of ether oxygens (including phenoxy) is 2. The van der Waals surface area contributed by atoms with Gasteiger partial charge in [-0.15, -0.1) is 0 Å². The Balaban J connectivity index is 2.40. The summed E-state index contributed by atoms with van der Waals surface area (Å²) in [6, 6.07) is 6.72. The van der Waals surface area contributed by atoms with E-state index in [1.807, 2.05) is 18.2 Å². The minimum Gasteiger partial charge on any atom is -0.467 e. The van der Waals surface area contributed by atoms with E-state index in [-0.39, 0.29) is 0 Å². The number of carbonyl (C=O) groups excluding carboxylic acids is 2. The standard InChI is InChI=1S/C12H13NO4/c1-16-11(14)10-7-8-5-3-4-6-9(8)13(10)12(15)17-2/h3-6,10H,7H2,1-2H3. The van der Waals surface area contributed by atoms with E-state index in [1.54, 1.807) is 6.07 Å². The molecule has 0 bridgehead atoms. The minimum atomic E-state index is -0.634. The van der Waals surface area contributed by atoms with Gasteiger partial charge in [0, 0.05) is 6.42 Å². The lowest BCUT2D eigenvalue weighted by molar-refractivity contribution is -0.141. The van der Waals surface area contributed by atoms with Gasteiger partial charge in [-0.2, -0.15) is 0 Å². The Hall–Kier alpha value is -2.04. The van der Waals surface area contributed by atoms with Crippen LogP contribution >= 0.6 is 0 Å². The third-order valence-electron chi connectivity index (χ3n) is 2.82. The number of hydrogen-bond donors (Lipinski definition) is 0. The van der Waals surface area contributed by atoms with Crippen molar-refractivity contribution in [1.29, 1.82) is 0 Å². The molecule has 0 aliphatic carbocycles. The van der Waals surface area contributed by atoms with Crippen LogP contribution in [0.3, 0.4) is 0 Å². The topological polar surface area (TPSA) is 55.8 Å². The molecule has 0 spiro atoms. The largest absolute Gasteiger partial charge is 0.467 e. The van der Waals surface area contributed by atoms with Gasteiger partial charge in [-0.1, -0.05) is 18.2 Å². The van der Waals surface area contributed by atoms with Crippen LogP contribution in [0.2, 0.25) is 0 Å². The molecule has 1 aromatic rings. The lowest BCUT2D eigenvalue weighted by Gasteiger charge is -2.21. The summed E-state index contributed by atoms with van der Waals surface area (Å²) in [6.45, 7) is 0. The molecule has 5 nitrogen and oxygen atoms in total. The molecule has 0 aromatic heterocycles. The Morgan fingerprint density at radius 1 is 1.24 bits per heavy atom. The SMILES string of the molecule is COC(=O)C1Cc2ccccc2N1C(=O)OC. The van der Waals surface area contributed by atoms with Crippen molar-refractivity contribution in [2.24, 2.45) is 0 Å². The highest BCUT2D eigenvalue weighted by Gasteiger charge is 2.39. The molecule has 0 saturated carbocycles. The van der Waals surface area contributed by atoms with Gasteiger partial charge in [-0.3, -0.25) is 4.90 Å². The summed E-state index contributed by atoms with van der Waals surface area (Å²) < 4.78 is 9.40. The first-order valence-electron chi connectivity index (χ1n) is 5.22. The van der Waals surface area contributed by atoms with E-state index in [0.717, 1.165) is 5.56 Å². The fourth-order valence-electron chi connectivity index (χ4n) is 2.03. The molecule has 1 heterocycles. The molecule has 1 aromatic carbocycles. The summed E-state index contributed by atoms with van der Waals surface area (Å²) in [5.74, 6) is -0.438. The van der Waals surface area contributed by atoms with Crippen LogP contribution in [-0.4, -0.2) is 32.3 Å². The highest BCUT2D eigenvalue weighted by molar-refractivity contribution is 5.98. The molecule has 0 saturated heterocycles. The van der Waals surface area contributed by atoms with Crippen LogP contribution in [0, 0.1) is 0 Å². The maximum atomic E-state index is 11.7. The number of nitrogens with zero attached hydrogens (tertiary/aromatic N) is 1. The predicted octanol–water partition coefficient (Wildman–Crippen LogP) is 1.36. The Labute approximate surface area is 98.9 Å². The number of carbonyl (C=O) groups is 2. The number of methoxy groups -OCH3 is 2. The van der Waals surface area contributed by atoms with Crippen LogP contribution < -0.4 is 4.90 Å². The molecule has 17 heavy (non-hydrogen) atoms. The summed E-state index contributed by atoms with van der Waals surface area (Å²) in [5.41, 5.74) is 1.64. The van der Waals surface area contributed by atoms with Crippen LogP contribution in [0.15, 0.2) is 24.3 Å². The van der Waals surface area contributed by atoms with Gasteiger partial charge < -0.3 is 9.47 Å². The van der Waals surface area contributed by atoms with Crippen molar-refractivity contribution in [3.05, 3.63) is 29.8 Å². The van der Waals surface area contributed by atoms with Crippen molar-refractivity contribution in [3.63, 3.8) is 0 Å². The van der Waals surface area contributed by atoms with E-state index in [0.29, 0.717) is 12.1 Å². The number of hydrogen-bond acceptors (Lipinski definition) is 4. The van der Waals surface area contributed by atoms with Gasteiger partial charge in [0.15, 0.2) is 0 Å². The zero-order chi connectivity index (χ0) is 12.4. The van der Waals surface area contributed by atoms with Crippen molar-refractivity contribution >= 4 is 17.7 Å². The first kappa shape index (κ1) is 11.4. The molecule has 0 N–H and O–H groups in total. The second-order valence-electron chi connectivity index (χ2n) is 3.71. The first-order chi connectivity index (χ1) is 8.19.